The summed E-state index contributed by atoms with van der Waals surface area (Å²) in [5.74, 6) is -2.26. The third-order valence-electron chi connectivity index (χ3n) is 4.02. The minimum Gasteiger partial charge on any atom is -0.545 e. The fourth-order valence-electron chi connectivity index (χ4n) is 2.81. The van der Waals surface area contributed by atoms with Crippen molar-refractivity contribution in [1.82, 2.24) is 0 Å². The monoisotopic (exact) mass is 480 g/mol. The Morgan fingerprint density at radius 2 is 0.852 bits per heavy atom. The molecule has 0 aliphatic carbocycles. The zero-order valence-corrected chi connectivity index (χ0v) is 18.9. The second-order valence-electron chi connectivity index (χ2n) is 5.63. The number of rotatable bonds is 2. The summed E-state index contributed by atoms with van der Waals surface area (Å²) in [4.78, 5) is 21.4. The SMILES string of the molecule is O=C([O-])c1cccc2ccccc12.O=C([O-])c1cccc2ccccc12.[Ba+2]. The van der Waals surface area contributed by atoms with Crippen molar-refractivity contribution in [2.75, 3.05) is 0 Å². The van der Waals surface area contributed by atoms with Crippen molar-refractivity contribution in [2.45, 2.75) is 0 Å². The molecule has 4 aromatic carbocycles. The molecule has 4 aromatic rings. The molecule has 0 saturated heterocycles. The van der Waals surface area contributed by atoms with Gasteiger partial charge in [0.1, 0.15) is 0 Å². The van der Waals surface area contributed by atoms with E-state index in [1.807, 2.05) is 48.5 Å². The van der Waals surface area contributed by atoms with Gasteiger partial charge in [0.2, 0.25) is 0 Å². The van der Waals surface area contributed by atoms with Crippen LogP contribution in [-0.2, 0) is 0 Å². The van der Waals surface area contributed by atoms with E-state index in [1.54, 1.807) is 36.4 Å². The van der Waals surface area contributed by atoms with E-state index in [0.29, 0.717) is 0 Å². The fraction of sp³-hybridized carbons (Fsp3) is 0. The van der Waals surface area contributed by atoms with Crippen LogP contribution < -0.4 is 10.2 Å². The minimum absolute atomic E-state index is 0. The van der Waals surface area contributed by atoms with Gasteiger partial charge in [0.25, 0.3) is 0 Å². The summed E-state index contributed by atoms with van der Waals surface area (Å²) < 4.78 is 0. The molecule has 0 aliphatic heterocycles. The first-order valence-corrected chi connectivity index (χ1v) is 7.96. The quantitative estimate of drug-likeness (QED) is 0.412. The zero-order chi connectivity index (χ0) is 18.5. The van der Waals surface area contributed by atoms with Crippen LogP contribution >= 0.6 is 0 Å². The van der Waals surface area contributed by atoms with Crippen LogP contribution in [0.5, 0.6) is 0 Å². The summed E-state index contributed by atoms with van der Waals surface area (Å²) in [6.07, 6.45) is 0. The van der Waals surface area contributed by atoms with Gasteiger partial charge in [-0.3, -0.25) is 0 Å². The molecule has 4 nitrogen and oxygen atoms in total. The number of fused-ring (bicyclic) bond motifs is 2. The molecular weight excluding hydrogens is 466 g/mol. The van der Waals surface area contributed by atoms with Crippen molar-refractivity contribution in [3.05, 3.63) is 96.1 Å². The molecule has 0 bridgehead atoms. The molecule has 0 unspecified atom stereocenters. The Kier molecular flexibility index (Phi) is 7.65. The normalized spacial score (nSPS) is 9.78. The third kappa shape index (κ3) is 5.00. The average Bonchev–Trinajstić information content (AvgIpc) is 2.67. The molecule has 0 aromatic heterocycles. The number of carbonyl (C=O) groups excluding carboxylic acids is 2. The first kappa shape index (κ1) is 21.2. The number of aromatic carboxylic acids is 2. The van der Waals surface area contributed by atoms with Crippen molar-refractivity contribution in [2.24, 2.45) is 0 Å². The van der Waals surface area contributed by atoms with E-state index in [2.05, 4.69) is 0 Å². The van der Waals surface area contributed by atoms with Crippen LogP contribution in [-0.4, -0.2) is 60.8 Å². The number of hydrogen-bond donors (Lipinski definition) is 0. The Labute approximate surface area is 196 Å². The van der Waals surface area contributed by atoms with Crippen molar-refractivity contribution >= 4 is 82.4 Å². The van der Waals surface area contributed by atoms with Gasteiger partial charge in [0.15, 0.2) is 0 Å². The molecule has 0 amide bonds. The van der Waals surface area contributed by atoms with Gasteiger partial charge in [-0.2, -0.15) is 0 Å². The molecule has 0 fully saturated rings. The van der Waals surface area contributed by atoms with Gasteiger partial charge >= 0.3 is 48.9 Å². The summed E-state index contributed by atoms with van der Waals surface area (Å²) in [6, 6.07) is 25.0. The van der Waals surface area contributed by atoms with E-state index in [4.69, 9.17) is 0 Å². The van der Waals surface area contributed by atoms with Gasteiger partial charge in [-0.25, -0.2) is 0 Å². The number of carboxylic acid groups (broad SMARTS) is 2. The summed E-state index contributed by atoms with van der Waals surface area (Å²) in [6.45, 7) is 0. The van der Waals surface area contributed by atoms with Crippen LogP contribution in [0.25, 0.3) is 21.5 Å². The Morgan fingerprint density at radius 1 is 0.519 bits per heavy atom. The summed E-state index contributed by atoms with van der Waals surface area (Å²) in [7, 11) is 0. The number of carboxylic acids is 2. The Morgan fingerprint density at radius 3 is 1.22 bits per heavy atom. The minimum atomic E-state index is -1.13. The second kappa shape index (κ2) is 9.73. The zero-order valence-electron chi connectivity index (χ0n) is 14.4. The van der Waals surface area contributed by atoms with Gasteiger partial charge in [0.05, 0.1) is 11.9 Å². The summed E-state index contributed by atoms with van der Waals surface area (Å²) in [5.41, 5.74) is 0.496. The maximum atomic E-state index is 10.7. The third-order valence-corrected chi connectivity index (χ3v) is 4.02. The molecule has 0 atom stereocenters. The Bertz CT molecular complexity index is 1010. The topological polar surface area (TPSA) is 80.3 Å². The largest absolute Gasteiger partial charge is 2.00 e. The average molecular weight is 480 g/mol. The van der Waals surface area contributed by atoms with E-state index >= 15 is 0 Å². The first-order chi connectivity index (χ1) is 12.6. The molecule has 0 saturated carbocycles. The molecule has 27 heavy (non-hydrogen) atoms. The molecule has 5 heteroatoms. The molecule has 4 rings (SSSR count). The molecule has 0 N–H and O–H groups in total. The van der Waals surface area contributed by atoms with Gasteiger partial charge in [-0.15, -0.1) is 0 Å². The van der Waals surface area contributed by atoms with Crippen LogP contribution in [0.15, 0.2) is 84.9 Å². The maximum absolute atomic E-state index is 10.7. The predicted molar refractivity (Wildman–Crippen MR) is 102 cm³/mol. The number of benzene rings is 4. The van der Waals surface area contributed by atoms with Crippen molar-refractivity contribution in [3.63, 3.8) is 0 Å². The molecule has 128 valence electrons. The van der Waals surface area contributed by atoms with Crippen molar-refractivity contribution in [3.8, 4) is 0 Å². The summed E-state index contributed by atoms with van der Waals surface area (Å²) >= 11 is 0. The van der Waals surface area contributed by atoms with Crippen LogP contribution in [0.3, 0.4) is 0 Å². The van der Waals surface area contributed by atoms with E-state index in [0.717, 1.165) is 21.5 Å². The second-order valence-corrected chi connectivity index (χ2v) is 5.63. The van der Waals surface area contributed by atoms with Gasteiger partial charge in [-0.05, 0) is 21.5 Å². The predicted octanol–water partition coefficient (Wildman–Crippen LogP) is 2.03. The van der Waals surface area contributed by atoms with Gasteiger partial charge < -0.3 is 19.8 Å². The van der Waals surface area contributed by atoms with E-state index in [1.165, 1.54) is 0 Å². The van der Waals surface area contributed by atoms with Crippen LogP contribution in [0.4, 0.5) is 0 Å². The van der Waals surface area contributed by atoms with E-state index in [9.17, 15) is 19.8 Å². The van der Waals surface area contributed by atoms with E-state index < -0.39 is 11.9 Å². The summed E-state index contributed by atoms with van der Waals surface area (Å²) in [5, 5.41) is 24.7. The van der Waals surface area contributed by atoms with Crippen LogP contribution in [0.1, 0.15) is 20.7 Å². The Hall–Kier alpha value is -2.09. The van der Waals surface area contributed by atoms with Crippen LogP contribution in [0, 0.1) is 0 Å². The maximum Gasteiger partial charge on any atom is 2.00 e. The molecule has 0 heterocycles. The Balaban J connectivity index is 0.000000187. The first-order valence-electron chi connectivity index (χ1n) is 7.96. The fourth-order valence-corrected chi connectivity index (χ4v) is 2.81. The van der Waals surface area contributed by atoms with E-state index in [-0.39, 0.29) is 60.0 Å². The molecule has 0 aliphatic rings. The molecule has 0 radical (unpaired) electrons. The smallest absolute Gasteiger partial charge is 0.545 e. The number of hydrogen-bond acceptors (Lipinski definition) is 4. The molecular formula is C22H14BaO4. The van der Waals surface area contributed by atoms with Crippen molar-refractivity contribution in [1.29, 1.82) is 0 Å². The number of carbonyl (C=O) groups is 2. The van der Waals surface area contributed by atoms with Gasteiger partial charge in [-0.1, -0.05) is 84.9 Å². The van der Waals surface area contributed by atoms with Crippen molar-refractivity contribution < 1.29 is 19.8 Å². The van der Waals surface area contributed by atoms with Gasteiger partial charge in [0, 0.05) is 11.1 Å². The molecule has 0 spiro atoms. The standard InChI is InChI=1S/2C11H8O2.Ba/c2*12-11(13)10-7-3-5-8-4-1-2-6-9(8)10;/h2*1-7H,(H,12,13);/q;;+2/p-2. The van der Waals surface area contributed by atoms with Crippen LogP contribution in [0.2, 0.25) is 0 Å².